The second-order valence-corrected chi connectivity index (χ2v) is 6.51. The number of benzene rings is 2. The van der Waals surface area contributed by atoms with Crippen molar-refractivity contribution in [3.8, 4) is 0 Å². The maximum atomic E-state index is 13.1. The van der Waals surface area contributed by atoms with E-state index in [2.05, 4.69) is 5.32 Å². The Morgan fingerprint density at radius 1 is 1.07 bits per heavy atom. The fourth-order valence-electron chi connectivity index (χ4n) is 3.25. The number of anilines is 2. The van der Waals surface area contributed by atoms with Gasteiger partial charge in [0.25, 0.3) is 11.6 Å². The molecule has 0 aromatic heterocycles. The summed E-state index contributed by atoms with van der Waals surface area (Å²) in [5.74, 6) is -0.843. The van der Waals surface area contributed by atoms with E-state index in [0.29, 0.717) is 18.8 Å². The van der Waals surface area contributed by atoms with E-state index in [1.807, 2.05) is 4.90 Å². The molecule has 2 aromatic rings. The lowest BCUT2D eigenvalue weighted by Gasteiger charge is -2.28. The van der Waals surface area contributed by atoms with E-state index in [1.54, 1.807) is 0 Å². The van der Waals surface area contributed by atoms with Gasteiger partial charge in [0.05, 0.1) is 16.2 Å². The van der Waals surface area contributed by atoms with Gasteiger partial charge in [-0.05, 0) is 43.5 Å². The maximum Gasteiger partial charge on any atom is 0.418 e. The molecule has 0 saturated carbocycles. The summed E-state index contributed by atoms with van der Waals surface area (Å²) in [7, 11) is 0. The number of nitrogens with zero attached hydrogens (tertiary/aromatic N) is 2. The molecule has 1 saturated heterocycles. The van der Waals surface area contributed by atoms with Crippen LogP contribution < -0.4 is 10.2 Å². The number of piperidine rings is 1. The fourth-order valence-corrected chi connectivity index (χ4v) is 3.25. The number of para-hydroxylation sites is 1. The molecule has 1 amide bonds. The molecule has 1 heterocycles. The van der Waals surface area contributed by atoms with Crippen LogP contribution in [-0.2, 0) is 6.18 Å². The lowest BCUT2D eigenvalue weighted by molar-refractivity contribution is -0.384. The zero-order valence-corrected chi connectivity index (χ0v) is 14.8. The molecule has 1 aliphatic rings. The number of rotatable bonds is 4. The molecule has 0 unspecified atom stereocenters. The maximum absolute atomic E-state index is 13.1. The van der Waals surface area contributed by atoms with Gasteiger partial charge in [0.15, 0.2) is 0 Å². The van der Waals surface area contributed by atoms with E-state index < -0.39 is 28.3 Å². The van der Waals surface area contributed by atoms with Crippen LogP contribution in [0.15, 0.2) is 42.5 Å². The number of halogens is 3. The van der Waals surface area contributed by atoms with Gasteiger partial charge in [-0.25, -0.2) is 0 Å². The van der Waals surface area contributed by atoms with Crippen molar-refractivity contribution in [3.63, 3.8) is 0 Å². The van der Waals surface area contributed by atoms with Crippen LogP contribution in [0.25, 0.3) is 0 Å². The summed E-state index contributed by atoms with van der Waals surface area (Å²) < 4.78 is 39.3. The van der Waals surface area contributed by atoms with Crippen LogP contribution in [-0.4, -0.2) is 23.9 Å². The van der Waals surface area contributed by atoms with Gasteiger partial charge in [-0.2, -0.15) is 13.2 Å². The molecule has 0 bridgehead atoms. The SMILES string of the molecule is O=C(Nc1ccccc1C(F)(F)F)c1ccc(N2CCCCC2)c([N+](=O)[O-])c1. The van der Waals surface area contributed by atoms with Crippen molar-refractivity contribution in [2.45, 2.75) is 25.4 Å². The van der Waals surface area contributed by atoms with Crippen LogP contribution in [0.5, 0.6) is 0 Å². The minimum absolute atomic E-state index is 0.0792. The van der Waals surface area contributed by atoms with Crippen molar-refractivity contribution in [2.75, 3.05) is 23.3 Å². The summed E-state index contributed by atoms with van der Waals surface area (Å²) in [4.78, 5) is 25.2. The Bertz CT molecular complexity index is 893. The Hall–Kier alpha value is -3.10. The van der Waals surface area contributed by atoms with E-state index >= 15 is 0 Å². The van der Waals surface area contributed by atoms with Gasteiger partial charge in [-0.3, -0.25) is 14.9 Å². The predicted molar refractivity (Wildman–Crippen MR) is 98.6 cm³/mol. The predicted octanol–water partition coefficient (Wildman–Crippen LogP) is 4.86. The monoisotopic (exact) mass is 393 g/mol. The number of nitro benzene ring substituents is 1. The molecule has 0 atom stereocenters. The van der Waals surface area contributed by atoms with Gasteiger partial charge in [0.1, 0.15) is 5.69 Å². The molecule has 6 nitrogen and oxygen atoms in total. The van der Waals surface area contributed by atoms with E-state index in [-0.39, 0.29) is 11.3 Å². The third-order valence-electron chi connectivity index (χ3n) is 4.61. The van der Waals surface area contributed by atoms with Crippen molar-refractivity contribution in [1.29, 1.82) is 0 Å². The van der Waals surface area contributed by atoms with Crippen LogP contribution in [0.1, 0.15) is 35.2 Å². The van der Waals surface area contributed by atoms with Gasteiger partial charge in [-0.1, -0.05) is 12.1 Å². The molecule has 28 heavy (non-hydrogen) atoms. The standard InChI is InChI=1S/C19H18F3N3O3/c20-19(21,22)14-6-2-3-7-15(14)23-18(26)13-8-9-16(17(12-13)25(27)28)24-10-4-1-5-11-24/h2-3,6-9,12H,1,4-5,10-11H2,(H,23,26). The van der Waals surface area contributed by atoms with E-state index in [9.17, 15) is 28.1 Å². The Balaban J connectivity index is 1.89. The fraction of sp³-hybridized carbons (Fsp3) is 0.316. The summed E-state index contributed by atoms with van der Waals surface area (Å²) in [5.41, 5.74) is -1.29. The average Bonchev–Trinajstić information content (AvgIpc) is 2.67. The molecule has 1 fully saturated rings. The second kappa shape index (κ2) is 7.87. The highest BCUT2D eigenvalue weighted by molar-refractivity contribution is 6.05. The average molecular weight is 393 g/mol. The molecular formula is C19H18F3N3O3. The quantitative estimate of drug-likeness (QED) is 0.595. The number of hydrogen-bond acceptors (Lipinski definition) is 4. The first-order valence-corrected chi connectivity index (χ1v) is 8.78. The number of hydrogen-bond donors (Lipinski definition) is 1. The van der Waals surface area contributed by atoms with Crippen LogP contribution in [0.2, 0.25) is 0 Å². The molecule has 9 heteroatoms. The number of nitrogens with one attached hydrogen (secondary N) is 1. The van der Waals surface area contributed by atoms with Crippen molar-refractivity contribution >= 4 is 23.0 Å². The molecule has 0 spiro atoms. The van der Waals surface area contributed by atoms with Gasteiger partial charge in [0, 0.05) is 24.7 Å². The van der Waals surface area contributed by atoms with Crippen molar-refractivity contribution in [2.24, 2.45) is 0 Å². The molecule has 1 aliphatic heterocycles. The van der Waals surface area contributed by atoms with E-state index in [1.165, 1.54) is 24.3 Å². The third kappa shape index (κ3) is 4.24. The first kappa shape index (κ1) is 19.7. The Labute approximate surface area is 159 Å². The van der Waals surface area contributed by atoms with Gasteiger partial charge < -0.3 is 10.2 Å². The number of amides is 1. The minimum Gasteiger partial charge on any atom is -0.366 e. The Morgan fingerprint density at radius 3 is 2.39 bits per heavy atom. The minimum atomic E-state index is -4.63. The number of carbonyl (C=O) groups is 1. The highest BCUT2D eigenvalue weighted by atomic mass is 19.4. The summed E-state index contributed by atoms with van der Waals surface area (Å²) in [5, 5.41) is 13.7. The first-order valence-electron chi connectivity index (χ1n) is 8.78. The molecule has 148 valence electrons. The van der Waals surface area contributed by atoms with Crippen LogP contribution >= 0.6 is 0 Å². The van der Waals surface area contributed by atoms with Crippen molar-refractivity contribution in [3.05, 3.63) is 63.7 Å². The zero-order valence-electron chi connectivity index (χ0n) is 14.8. The normalized spacial score (nSPS) is 14.6. The van der Waals surface area contributed by atoms with Crippen LogP contribution in [0.4, 0.5) is 30.2 Å². The first-order chi connectivity index (χ1) is 13.3. The largest absolute Gasteiger partial charge is 0.418 e. The third-order valence-corrected chi connectivity index (χ3v) is 4.61. The summed E-state index contributed by atoms with van der Waals surface area (Å²) in [6.07, 6.45) is -1.72. The van der Waals surface area contributed by atoms with Gasteiger partial charge in [0.2, 0.25) is 0 Å². The number of alkyl halides is 3. The Kier molecular flexibility index (Phi) is 5.53. The summed E-state index contributed by atoms with van der Waals surface area (Å²) in [6.45, 7) is 1.37. The van der Waals surface area contributed by atoms with Crippen molar-refractivity contribution in [1.82, 2.24) is 0 Å². The molecule has 0 aliphatic carbocycles. The second-order valence-electron chi connectivity index (χ2n) is 6.51. The number of nitro groups is 1. The van der Waals surface area contributed by atoms with Crippen LogP contribution in [0, 0.1) is 10.1 Å². The highest BCUT2D eigenvalue weighted by Gasteiger charge is 2.33. The summed E-state index contributed by atoms with van der Waals surface area (Å²) in [6, 6.07) is 8.56. The lowest BCUT2D eigenvalue weighted by atomic mass is 10.1. The van der Waals surface area contributed by atoms with Crippen molar-refractivity contribution < 1.29 is 22.9 Å². The smallest absolute Gasteiger partial charge is 0.366 e. The molecule has 0 radical (unpaired) electrons. The van der Waals surface area contributed by atoms with E-state index in [4.69, 9.17) is 0 Å². The number of carbonyl (C=O) groups excluding carboxylic acids is 1. The van der Waals surface area contributed by atoms with E-state index in [0.717, 1.165) is 37.5 Å². The molecular weight excluding hydrogens is 375 g/mol. The zero-order chi connectivity index (χ0) is 20.3. The molecule has 1 N–H and O–H groups in total. The van der Waals surface area contributed by atoms with Gasteiger partial charge in [-0.15, -0.1) is 0 Å². The topological polar surface area (TPSA) is 75.5 Å². The molecule has 3 rings (SSSR count). The Morgan fingerprint density at radius 2 is 1.75 bits per heavy atom. The summed E-state index contributed by atoms with van der Waals surface area (Å²) >= 11 is 0. The van der Waals surface area contributed by atoms with Crippen LogP contribution in [0.3, 0.4) is 0 Å². The lowest BCUT2D eigenvalue weighted by Crippen LogP contribution is -2.30. The highest BCUT2D eigenvalue weighted by Crippen LogP contribution is 2.35. The van der Waals surface area contributed by atoms with Gasteiger partial charge >= 0.3 is 6.18 Å². The molecule has 2 aromatic carbocycles.